The van der Waals surface area contributed by atoms with E-state index < -0.39 is 0 Å². The van der Waals surface area contributed by atoms with E-state index in [0.29, 0.717) is 11.7 Å². The second-order valence-corrected chi connectivity index (χ2v) is 4.01. The average molecular weight is 238 g/mol. The highest BCUT2D eigenvalue weighted by atomic mass is 32.1. The molecule has 0 aliphatic rings. The van der Waals surface area contributed by atoms with Crippen molar-refractivity contribution < 1.29 is 9.53 Å². The number of aromatic nitrogens is 1. The molecule has 86 valence electrons. The highest BCUT2D eigenvalue weighted by Gasteiger charge is 1.96. The minimum Gasteiger partial charge on any atom is -0.466 e. The van der Waals surface area contributed by atoms with Crippen LogP contribution in [0.1, 0.15) is 13.8 Å². The third-order valence-corrected chi connectivity index (χ3v) is 2.52. The largest absolute Gasteiger partial charge is 0.466 e. The Morgan fingerprint density at radius 1 is 1.50 bits per heavy atom. The Bertz CT molecular complexity index is 435. The van der Waals surface area contributed by atoms with Gasteiger partial charge in [0.15, 0.2) is 5.13 Å². The van der Waals surface area contributed by atoms with Crippen molar-refractivity contribution in [3.05, 3.63) is 24.3 Å². The molecule has 2 N–H and O–H groups in total. The Labute approximate surface area is 98.1 Å². The summed E-state index contributed by atoms with van der Waals surface area (Å²) in [6, 6.07) is 7.92. The zero-order valence-corrected chi connectivity index (χ0v) is 10.1. The molecule has 0 radical (unpaired) electrons. The molecule has 0 spiro atoms. The summed E-state index contributed by atoms with van der Waals surface area (Å²) in [6.45, 7) is 3.65. The number of nitrogens with zero attached hydrogens (tertiary/aromatic N) is 1. The maximum Gasteiger partial charge on any atom is 0.302 e. The summed E-state index contributed by atoms with van der Waals surface area (Å²) in [6.07, 6.45) is 0. The van der Waals surface area contributed by atoms with Crippen LogP contribution in [0.2, 0.25) is 0 Å². The molecule has 1 heterocycles. The average Bonchev–Trinajstić information content (AvgIpc) is 2.58. The lowest BCUT2D eigenvalue weighted by atomic mass is 10.3. The van der Waals surface area contributed by atoms with Crippen molar-refractivity contribution in [2.45, 2.75) is 13.8 Å². The predicted octanol–water partition coefficient (Wildman–Crippen LogP) is 2.45. The summed E-state index contributed by atoms with van der Waals surface area (Å²) in [5.74, 6) is -0.211. The van der Waals surface area contributed by atoms with E-state index >= 15 is 0 Å². The number of carbonyl (C=O) groups excluding carboxylic acids is 1. The topological polar surface area (TPSA) is 65.2 Å². The number of benzene rings is 1. The molecular weight excluding hydrogens is 224 g/mol. The standard InChI is InChI=1S/C7H6N2S.C4H8O2/c8-7-9-5-3-1-2-4-6(5)10-7;1-3-6-4(2)5/h1-4H,(H2,8,9);3H2,1-2H3. The van der Waals surface area contributed by atoms with Crippen LogP contribution >= 0.6 is 11.3 Å². The van der Waals surface area contributed by atoms with Gasteiger partial charge in [-0.05, 0) is 19.1 Å². The molecule has 2 aromatic rings. The Morgan fingerprint density at radius 2 is 2.19 bits per heavy atom. The number of ether oxygens (including phenoxy) is 1. The number of fused-ring (bicyclic) bond motifs is 1. The number of carbonyl (C=O) groups is 1. The van der Waals surface area contributed by atoms with Crippen LogP contribution in [-0.4, -0.2) is 17.6 Å². The van der Waals surface area contributed by atoms with E-state index in [9.17, 15) is 4.79 Å². The Balaban J connectivity index is 0.000000187. The molecule has 0 atom stereocenters. The Hall–Kier alpha value is -1.62. The minimum absolute atomic E-state index is 0.211. The van der Waals surface area contributed by atoms with Gasteiger partial charge in [-0.2, -0.15) is 0 Å². The number of thiazole rings is 1. The fraction of sp³-hybridized carbons (Fsp3) is 0.273. The van der Waals surface area contributed by atoms with E-state index in [1.54, 1.807) is 6.92 Å². The van der Waals surface area contributed by atoms with Gasteiger partial charge >= 0.3 is 5.97 Å². The maximum absolute atomic E-state index is 9.82. The number of hydrogen-bond donors (Lipinski definition) is 1. The normalized spacial score (nSPS) is 9.38. The number of para-hydroxylation sites is 1. The number of anilines is 1. The van der Waals surface area contributed by atoms with Gasteiger partial charge in [0, 0.05) is 6.92 Å². The van der Waals surface area contributed by atoms with E-state index in [-0.39, 0.29) is 5.97 Å². The highest BCUT2D eigenvalue weighted by Crippen LogP contribution is 2.22. The lowest BCUT2D eigenvalue weighted by Crippen LogP contribution is -1.95. The summed E-state index contributed by atoms with van der Waals surface area (Å²) in [7, 11) is 0. The number of esters is 1. The van der Waals surface area contributed by atoms with Crippen LogP contribution < -0.4 is 5.73 Å². The van der Waals surface area contributed by atoms with E-state index in [1.165, 1.54) is 18.3 Å². The van der Waals surface area contributed by atoms with Gasteiger partial charge in [0.1, 0.15) is 0 Å². The van der Waals surface area contributed by atoms with E-state index in [0.717, 1.165) is 10.2 Å². The predicted molar refractivity (Wildman–Crippen MR) is 66.3 cm³/mol. The monoisotopic (exact) mass is 238 g/mol. The second-order valence-electron chi connectivity index (χ2n) is 2.94. The third kappa shape index (κ3) is 3.86. The van der Waals surface area contributed by atoms with Crippen molar-refractivity contribution in [2.75, 3.05) is 12.3 Å². The molecule has 5 heteroatoms. The summed E-state index contributed by atoms with van der Waals surface area (Å²) in [4.78, 5) is 13.9. The van der Waals surface area contributed by atoms with Crippen LogP contribution in [0.3, 0.4) is 0 Å². The van der Waals surface area contributed by atoms with Gasteiger partial charge in [-0.25, -0.2) is 4.98 Å². The van der Waals surface area contributed by atoms with Crippen molar-refractivity contribution in [1.82, 2.24) is 4.98 Å². The molecule has 0 saturated heterocycles. The van der Waals surface area contributed by atoms with Crippen molar-refractivity contribution >= 4 is 32.7 Å². The number of hydrogen-bond acceptors (Lipinski definition) is 5. The van der Waals surface area contributed by atoms with Crippen LogP contribution in [0, 0.1) is 0 Å². The maximum atomic E-state index is 9.82. The quantitative estimate of drug-likeness (QED) is 0.775. The van der Waals surface area contributed by atoms with Crippen LogP contribution in [0.5, 0.6) is 0 Å². The molecule has 1 aromatic heterocycles. The molecule has 16 heavy (non-hydrogen) atoms. The molecule has 0 bridgehead atoms. The summed E-state index contributed by atoms with van der Waals surface area (Å²) < 4.78 is 5.56. The number of nitrogens with two attached hydrogens (primary N) is 1. The molecule has 0 fully saturated rings. The van der Waals surface area contributed by atoms with Crippen molar-refractivity contribution in [3.8, 4) is 0 Å². The minimum atomic E-state index is -0.211. The molecule has 0 aliphatic carbocycles. The Kier molecular flexibility index (Phi) is 4.72. The molecule has 1 aromatic carbocycles. The first-order valence-electron chi connectivity index (χ1n) is 4.88. The van der Waals surface area contributed by atoms with Gasteiger partial charge in [0.25, 0.3) is 0 Å². The molecule has 2 rings (SSSR count). The highest BCUT2D eigenvalue weighted by molar-refractivity contribution is 7.22. The first-order chi connectivity index (χ1) is 7.63. The van der Waals surface area contributed by atoms with Crippen molar-refractivity contribution in [2.24, 2.45) is 0 Å². The van der Waals surface area contributed by atoms with Crippen molar-refractivity contribution in [3.63, 3.8) is 0 Å². The molecule has 0 unspecified atom stereocenters. The zero-order chi connectivity index (χ0) is 12.0. The first-order valence-corrected chi connectivity index (χ1v) is 5.69. The van der Waals surface area contributed by atoms with Crippen molar-refractivity contribution in [1.29, 1.82) is 0 Å². The summed E-state index contributed by atoms with van der Waals surface area (Å²) >= 11 is 1.52. The second kappa shape index (κ2) is 6.07. The summed E-state index contributed by atoms with van der Waals surface area (Å²) in [5, 5.41) is 0.640. The van der Waals surface area contributed by atoms with E-state index in [2.05, 4.69) is 9.72 Å². The SMILES string of the molecule is CCOC(C)=O.Nc1nc2ccccc2s1. The Morgan fingerprint density at radius 3 is 2.69 bits per heavy atom. The molecule has 0 aliphatic heterocycles. The van der Waals surface area contributed by atoms with E-state index in [1.807, 2.05) is 24.3 Å². The van der Waals surface area contributed by atoms with Crippen LogP contribution in [-0.2, 0) is 9.53 Å². The van der Waals surface area contributed by atoms with Gasteiger partial charge in [-0.3, -0.25) is 4.79 Å². The number of rotatable bonds is 1. The van der Waals surface area contributed by atoms with Crippen LogP contribution in [0.4, 0.5) is 5.13 Å². The van der Waals surface area contributed by atoms with Gasteiger partial charge < -0.3 is 10.5 Å². The molecule has 0 amide bonds. The molecular formula is C11H14N2O2S. The first kappa shape index (κ1) is 12.4. The lowest BCUT2D eigenvalue weighted by molar-refractivity contribution is -0.140. The molecule has 0 saturated carbocycles. The van der Waals surface area contributed by atoms with E-state index in [4.69, 9.17) is 5.73 Å². The van der Waals surface area contributed by atoms with Gasteiger partial charge in [0.2, 0.25) is 0 Å². The van der Waals surface area contributed by atoms with Gasteiger partial charge in [-0.1, -0.05) is 23.5 Å². The van der Waals surface area contributed by atoms with Gasteiger partial charge in [-0.15, -0.1) is 0 Å². The van der Waals surface area contributed by atoms with Crippen LogP contribution in [0.15, 0.2) is 24.3 Å². The number of nitrogen functional groups attached to an aromatic ring is 1. The smallest absolute Gasteiger partial charge is 0.302 e. The fourth-order valence-electron chi connectivity index (χ4n) is 1.09. The fourth-order valence-corrected chi connectivity index (χ4v) is 1.83. The summed E-state index contributed by atoms with van der Waals surface area (Å²) in [5.41, 5.74) is 6.49. The third-order valence-electron chi connectivity index (χ3n) is 1.66. The van der Waals surface area contributed by atoms with Crippen LogP contribution in [0.25, 0.3) is 10.2 Å². The lowest BCUT2D eigenvalue weighted by Gasteiger charge is -1.89. The molecule has 4 nitrogen and oxygen atoms in total. The van der Waals surface area contributed by atoms with Gasteiger partial charge in [0.05, 0.1) is 16.8 Å². The zero-order valence-electron chi connectivity index (χ0n) is 9.27.